The van der Waals surface area contributed by atoms with Crippen molar-refractivity contribution in [3.05, 3.63) is 34.9 Å². The summed E-state index contributed by atoms with van der Waals surface area (Å²) < 4.78 is 5.62. The van der Waals surface area contributed by atoms with Gasteiger partial charge in [0.2, 0.25) is 0 Å². The van der Waals surface area contributed by atoms with Crippen LogP contribution in [0.2, 0.25) is 0 Å². The summed E-state index contributed by atoms with van der Waals surface area (Å²) in [6.45, 7) is 10.5. The van der Waals surface area contributed by atoms with Crippen LogP contribution in [-0.4, -0.2) is 13.7 Å². The van der Waals surface area contributed by atoms with Crippen molar-refractivity contribution in [3.8, 4) is 0 Å². The molecule has 122 valence electrons. The Bertz CT molecular complexity index is 543. The van der Waals surface area contributed by atoms with E-state index in [4.69, 9.17) is 4.74 Å². The molecule has 2 aliphatic carbocycles. The van der Waals surface area contributed by atoms with E-state index in [-0.39, 0.29) is 0 Å². The van der Waals surface area contributed by atoms with Crippen LogP contribution in [0.1, 0.15) is 76.0 Å². The molecule has 1 saturated carbocycles. The molecule has 0 radical (unpaired) electrons. The SMILES string of the molecule is COCC1(C)CCCC2(C)c3ccc(C(C)C)cc3CCC12. The molecule has 0 heterocycles. The maximum atomic E-state index is 5.62. The minimum Gasteiger partial charge on any atom is -0.384 e. The fraction of sp³-hybridized carbons (Fsp3) is 0.714. The summed E-state index contributed by atoms with van der Waals surface area (Å²) >= 11 is 0. The third-order valence-electron chi connectivity index (χ3n) is 6.64. The molecule has 2 aliphatic rings. The molecule has 0 bridgehead atoms. The first-order valence-electron chi connectivity index (χ1n) is 9.03. The van der Waals surface area contributed by atoms with Gasteiger partial charge in [-0.25, -0.2) is 0 Å². The summed E-state index contributed by atoms with van der Waals surface area (Å²) in [5, 5.41) is 0. The molecule has 0 amide bonds. The van der Waals surface area contributed by atoms with E-state index in [0.717, 1.165) is 12.5 Å². The van der Waals surface area contributed by atoms with E-state index >= 15 is 0 Å². The molecule has 0 saturated heterocycles. The summed E-state index contributed by atoms with van der Waals surface area (Å²) in [6.07, 6.45) is 6.56. The monoisotopic (exact) mass is 300 g/mol. The van der Waals surface area contributed by atoms with Gasteiger partial charge in [-0.2, -0.15) is 0 Å². The van der Waals surface area contributed by atoms with Crippen LogP contribution in [0.4, 0.5) is 0 Å². The molecule has 0 N–H and O–H groups in total. The zero-order valence-corrected chi connectivity index (χ0v) is 15.0. The number of ether oxygens (including phenoxy) is 1. The fourth-order valence-electron chi connectivity index (χ4n) is 5.51. The van der Waals surface area contributed by atoms with Crippen LogP contribution in [0.15, 0.2) is 18.2 Å². The quantitative estimate of drug-likeness (QED) is 0.719. The van der Waals surface area contributed by atoms with Gasteiger partial charge in [-0.15, -0.1) is 0 Å². The number of hydrogen-bond acceptors (Lipinski definition) is 1. The van der Waals surface area contributed by atoms with Crippen LogP contribution in [0.25, 0.3) is 0 Å². The van der Waals surface area contributed by atoms with Crippen LogP contribution in [0, 0.1) is 11.3 Å². The number of fused-ring (bicyclic) bond motifs is 3. The molecule has 1 heteroatoms. The molecule has 1 aromatic carbocycles. The molecule has 3 atom stereocenters. The zero-order valence-electron chi connectivity index (χ0n) is 15.0. The molecule has 0 spiro atoms. The fourth-order valence-corrected chi connectivity index (χ4v) is 5.51. The molecule has 3 unspecified atom stereocenters. The summed E-state index contributed by atoms with van der Waals surface area (Å²) in [6, 6.07) is 7.32. The number of benzene rings is 1. The molecule has 22 heavy (non-hydrogen) atoms. The highest BCUT2D eigenvalue weighted by Gasteiger charge is 2.51. The molecule has 0 aromatic heterocycles. The topological polar surface area (TPSA) is 9.23 Å². The minimum absolute atomic E-state index is 0.342. The second-order valence-electron chi connectivity index (χ2n) is 8.52. The molecular weight excluding hydrogens is 268 g/mol. The minimum atomic E-state index is 0.342. The van der Waals surface area contributed by atoms with Gasteiger partial charge < -0.3 is 4.74 Å². The lowest BCUT2D eigenvalue weighted by Crippen LogP contribution is -2.50. The highest BCUT2D eigenvalue weighted by atomic mass is 16.5. The van der Waals surface area contributed by atoms with Crippen LogP contribution < -0.4 is 0 Å². The Labute approximate surface area is 136 Å². The Morgan fingerprint density at radius 1 is 1.23 bits per heavy atom. The first kappa shape index (κ1) is 16.1. The number of rotatable bonds is 3. The van der Waals surface area contributed by atoms with E-state index < -0.39 is 0 Å². The maximum absolute atomic E-state index is 5.62. The van der Waals surface area contributed by atoms with Crippen molar-refractivity contribution in [3.63, 3.8) is 0 Å². The van der Waals surface area contributed by atoms with E-state index in [1.54, 1.807) is 11.1 Å². The Balaban J connectivity index is 2.02. The van der Waals surface area contributed by atoms with Gasteiger partial charge in [-0.05, 0) is 65.0 Å². The Morgan fingerprint density at radius 2 is 2.00 bits per heavy atom. The Kier molecular flexibility index (Phi) is 4.14. The van der Waals surface area contributed by atoms with Crippen LogP contribution >= 0.6 is 0 Å². The smallest absolute Gasteiger partial charge is 0.0518 e. The lowest BCUT2D eigenvalue weighted by atomic mass is 9.50. The summed E-state index contributed by atoms with van der Waals surface area (Å²) in [7, 11) is 1.86. The van der Waals surface area contributed by atoms with Crippen molar-refractivity contribution < 1.29 is 4.74 Å². The number of aryl methyl sites for hydroxylation is 1. The largest absolute Gasteiger partial charge is 0.384 e. The Morgan fingerprint density at radius 3 is 2.68 bits per heavy atom. The van der Waals surface area contributed by atoms with E-state index in [9.17, 15) is 0 Å². The van der Waals surface area contributed by atoms with Crippen LogP contribution in [0.5, 0.6) is 0 Å². The van der Waals surface area contributed by atoms with Crippen molar-refractivity contribution in [1.29, 1.82) is 0 Å². The normalized spacial score (nSPS) is 34.4. The Hall–Kier alpha value is -0.820. The second-order valence-corrected chi connectivity index (χ2v) is 8.52. The molecule has 1 nitrogen and oxygen atoms in total. The predicted molar refractivity (Wildman–Crippen MR) is 93.5 cm³/mol. The average Bonchev–Trinajstić information content (AvgIpc) is 2.46. The summed E-state index contributed by atoms with van der Waals surface area (Å²) in [5.74, 6) is 1.38. The van der Waals surface area contributed by atoms with Crippen LogP contribution in [0.3, 0.4) is 0 Å². The number of hydrogen-bond donors (Lipinski definition) is 0. The van der Waals surface area contributed by atoms with Gasteiger partial charge in [0.25, 0.3) is 0 Å². The van der Waals surface area contributed by atoms with Crippen molar-refractivity contribution in [1.82, 2.24) is 0 Å². The molecule has 1 aromatic rings. The van der Waals surface area contributed by atoms with Gasteiger partial charge in [0.1, 0.15) is 0 Å². The van der Waals surface area contributed by atoms with Crippen molar-refractivity contribution in [2.45, 2.75) is 71.1 Å². The zero-order chi connectivity index (χ0) is 16.0. The molecule has 0 aliphatic heterocycles. The predicted octanol–water partition coefficient (Wildman–Crippen LogP) is 5.47. The first-order chi connectivity index (χ1) is 10.4. The van der Waals surface area contributed by atoms with E-state index in [1.165, 1.54) is 37.7 Å². The van der Waals surface area contributed by atoms with Gasteiger partial charge in [-0.1, -0.05) is 52.3 Å². The van der Waals surface area contributed by atoms with Gasteiger partial charge in [0, 0.05) is 7.11 Å². The average molecular weight is 300 g/mol. The molecule has 3 rings (SSSR count). The van der Waals surface area contributed by atoms with E-state index in [2.05, 4.69) is 45.9 Å². The van der Waals surface area contributed by atoms with Gasteiger partial charge >= 0.3 is 0 Å². The van der Waals surface area contributed by atoms with Crippen molar-refractivity contribution in [2.24, 2.45) is 11.3 Å². The highest BCUT2D eigenvalue weighted by Crippen LogP contribution is 2.57. The highest BCUT2D eigenvalue weighted by molar-refractivity contribution is 5.42. The van der Waals surface area contributed by atoms with E-state index in [1.807, 2.05) is 7.11 Å². The molecule has 1 fully saturated rings. The lowest BCUT2D eigenvalue weighted by Gasteiger charge is -2.55. The third kappa shape index (κ3) is 2.42. The van der Waals surface area contributed by atoms with Gasteiger partial charge in [0.15, 0.2) is 0 Å². The van der Waals surface area contributed by atoms with Crippen molar-refractivity contribution in [2.75, 3.05) is 13.7 Å². The number of methoxy groups -OCH3 is 1. The first-order valence-corrected chi connectivity index (χ1v) is 9.03. The van der Waals surface area contributed by atoms with E-state index in [0.29, 0.717) is 16.7 Å². The van der Waals surface area contributed by atoms with Gasteiger partial charge in [-0.3, -0.25) is 0 Å². The lowest BCUT2D eigenvalue weighted by molar-refractivity contribution is -0.0324. The third-order valence-corrected chi connectivity index (χ3v) is 6.64. The van der Waals surface area contributed by atoms with Crippen LogP contribution in [-0.2, 0) is 16.6 Å². The maximum Gasteiger partial charge on any atom is 0.0518 e. The van der Waals surface area contributed by atoms with Crippen molar-refractivity contribution >= 4 is 0 Å². The standard InChI is InChI=1S/C21H32O/c1-15(2)16-7-9-18-17(13-16)8-10-19-20(3,14-22-5)11-6-12-21(18,19)4/h7,9,13,15,19H,6,8,10-12,14H2,1-5H3. The summed E-state index contributed by atoms with van der Waals surface area (Å²) in [5.41, 5.74) is 5.43. The second kappa shape index (κ2) is 5.67. The molecular formula is C21H32O. The summed E-state index contributed by atoms with van der Waals surface area (Å²) in [4.78, 5) is 0. The van der Waals surface area contributed by atoms with Gasteiger partial charge in [0.05, 0.1) is 6.61 Å².